The summed E-state index contributed by atoms with van der Waals surface area (Å²) in [6, 6.07) is 19.1. The summed E-state index contributed by atoms with van der Waals surface area (Å²) in [5.41, 5.74) is 0.426. The zero-order valence-corrected chi connectivity index (χ0v) is 39.1. The summed E-state index contributed by atoms with van der Waals surface area (Å²) in [6.07, 6.45) is -16.8. The molecule has 4 aliphatic rings. The van der Waals surface area contributed by atoms with E-state index in [1.54, 1.807) is 59.3 Å². The van der Waals surface area contributed by atoms with Gasteiger partial charge in [-0.05, 0) is 60.0 Å². The molecular formula is C46H58N6O16Si. The van der Waals surface area contributed by atoms with Gasteiger partial charge in [0, 0.05) is 48.6 Å². The van der Waals surface area contributed by atoms with Gasteiger partial charge in [0.15, 0.2) is 30.4 Å². The lowest BCUT2D eigenvalue weighted by atomic mass is 9.82. The summed E-state index contributed by atoms with van der Waals surface area (Å²) in [5.74, 6) is -2.15. The molecule has 11 N–H and O–H groups in total. The zero-order chi connectivity index (χ0) is 49.7. The Bertz CT molecular complexity index is 2520. The molecule has 1 spiro atoms. The molecule has 0 radical (unpaired) electrons. The first-order valence-electron chi connectivity index (χ1n) is 22.6. The standard InChI is InChI=1S/C46H58N6O16Si/c1-22-40(69(3,4)28-11-9-27(65-2)10-12-28)31(14-16-51-21-26(15-17-53)49-50-51)68-46(22)29-19-25(48-42(61)39-35(57)33(55)37(59)44(63)67-39)8-13-30(29)52(45(46)64)20-23-6-5-7-24(18-23)47-41(60)38-34(56)32(54)36(58)43(62)66-38/h5-13,18-19,21-22,31-40,43-44,53-59,62-63H,14-17,20H2,1-4H3,(H,47,60)(H,48,61)/t22-,31+,32-,33-,34-,35-,36+,37+,38-,39-,40-,43+,44+,46+/m0/s1. The average Bonchev–Trinajstić information content (AvgIpc) is 3.98. The highest BCUT2D eigenvalue weighted by molar-refractivity contribution is 6.91. The normalized spacial score (nSPS) is 32.3. The Kier molecular flexibility index (Phi) is 14.4. The lowest BCUT2D eigenvalue weighted by Crippen LogP contribution is -2.60. The van der Waals surface area contributed by atoms with Gasteiger partial charge in [0.2, 0.25) is 0 Å². The summed E-state index contributed by atoms with van der Waals surface area (Å²) in [5, 5.41) is 106. The van der Waals surface area contributed by atoms with Crippen LogP contribution in [-0.2, 0) is 53.7 Å². The molecule has 0 bridgehead atoms. The van der Waals surface area contributed by atoms with Crippen molar-refractivity contribution in [2.75, 3.05) is 29.3 Å². The highest BCUT2D eigenvalue weighted by atomic mass is 28.3. The Morgan fingerprint density at radius 3 is 2.01 bits per heavy atom. The summed E-state index contributed by atoms with van der Waals surface area (Å²) in [4.78, 5) is 44.2. The van der Waals surface area contributed by atoms with Crippen molar-refractivity contribution in [2.24, 2.45) is 5.92 Å². The van der Waals surface area contributed by atoms with Crippen LogP contribution < -0.4 is 25.5 Å². The summed E-state index contributed by atoms with van der Waals surface area (Å²) >= 11 is 0. The van der Waals surface area contributed by atoms with E-state index in [2.05, 4.69) is 34.0 Å². The Balaban J connectivity index is 1.16. The minimum atomic E-state index is -2.66. The van der Waals surface area contributed by atoms with E-state index in [-0.39, 0.29) is 30.1 Å². The molecule has 0 unspecified atom stereocenters. The van der Waals surface area contributed by atoms with E-state index >= 15 is 4.79 Å². The molecular weight excluding hydrogens is 921 g/mol. The maximum absolute atomic E-state index is 15.7. The molecule has 1 aromatic heterocycles. The number of rotatable bonds is 14. The van der Waals surface area contributed by atoms with Gasteiger partial charge in [-0.1, -0.05) is 54.7 Å². The number of aryl methyl sites for hydroxylation is 1. The molecule has 22 nitrogen and oxygen atoms in total. The van der Waals surface area contributed by atoms with Crippen molar-refractivity contribution < 1.29 is 79.3 Å². The van der Waals surface area contributed by atoms with Gasteiger partial charge in [-0.25, -0.2) is 0 Å². The number of carbonyl (C=O) groups excluding carboxylic acids is 3. The summed E-state index contributed by atoms with van der Waals surface area (Å²) in [6.45, 7) is 6.59. The Morgan fingerprint density at radius 2 is 1.42 bits per heavy atom. The van der Waals surface area contributed by atoms with E-state index in [4.69, 9.17) is 18.9 Å². The fraction of sp³-hybridized carbons (Fsp3) is 0.500. The van der Waals surface area contributed by atoms with Crippen LogP contribution in [0.25, 0.3) is 0 Å². The molecule has 4 aromatic rings. The van der Waals surface area contributed by atoms with Crippen LogP contribution in [0.4, 0.5) is 17.1 Å². The number of nitrogens with one attached hydrogen (secondary N) is 2. The Labute approximate surface area is 396 Å². The monoisotopic (exact) mass is 978 g/mol. The number of hydrogen-bond acceptors (Lipinski definition) is 18. The third kappa shape index (κ3) is 9.31. The second-order valence-corrected chi connectivity index (χ2v) is 23.2. The van der Waals surface area contributed by atoms with Gasteiger partial charge in [0.05, 0.1) is 39.2 Å². The van der Waals surface area contributed by atoms with Crippen molar-refractivity contribution in [3.8, 4) is 5.75 Å². The molecule has 372 valence electrons. The maximum Gasteiger partial charge on any atom is 0.264 e. The van der Waals surface area contributed by atoms with Crippen LogP contribution in [0.5, 0.6) is 5.75 Å². The molecule has 0 aliphatic carbocycles. The lowest BCUT2D eigenvalue weighted by Gasteiger charge is -2.37. The van der Waals surface area contributed by atoms with E-state index < -0.39 is 105 Å². The molecule has 8 rings (SSSR count). The van der Waals surface area contributed by atoms with Gasteiger partial charge in [0.25, 0.3) is 17.7 Å². The van der Waals surface area contributed by atoms with Crippen molar-refractivity contribution in [1.29, 1.82) is 0 Å². The molecule has 3 fully saturated rings. The minimum Gasteiger partial charge on any atom is -0.497 e. The van der Waals surface area contributed by atoms with Crippen molar-refractivity contribution in [3.05, 3.63) is 89.7 Å². The number of carbonyl (C=O) groups is 3. The largest absolute Gasteiger partial charge is 0.497 e. The highest BCUT2D eigenvalue weighted by Crippen LogP contribution is 2.60. The number of ether oxygens (including phenoxy) is 4. The topological polar surface area (TPSA) is 328 Å². The third-order valence-electron chi connectivity index (χ3n) is 13.9. The van der Waals surface area contributed by atoms with Gasteiger partial charge in [0.1, 0.15) is 42.4 Å². The fourth-order valence-electron chi connectivity index (χ4n) is 10.3. The first-order chi connectivity index (χ1) is 32.8. The number of aromatic nitrogens is 3. The molecule has 14 atom stereocenters. The maximum atomic E-state index is 15.7. The minimum absolute atomic E-state index is 0.0628. The van der Waals surface area contributed by atoms with Crippen LogP contribution in [0.2, 0.25) is 18.6 Å². The van der Waals surface area contributed by atoms with Crippen molar-refractivity contribution in [3.63, 3.8) is 0 Å². The molecule has 4 aliphatic heterocycles. The number of aliphatic hydroxyl groups excluding tert-OH is 9. The van der Waals surface area contributed by atoms with Crippen LogP contribution in [0, 0.1) is 5.92 Å². The number of benzene rings is 3. The number of hydrogen-bond donors (Lipinski definition) is 11. The first kappa shape index (κ1) is 50.1. The van der Waals surface area contributed by atoms with Crippen molar-refractivity contribution in [1.82, 2.24) is 15.0 Å². The van der Waals surface area contributed by atoms with E-state index in [1.165, 1.54) is 6.07 Å². The number of anilines is 3. The van der Waals surface area contributed by atoms with E-state index in [0.29, 0.717) is 47.6 Å². The van der Waals surface area contributed by atoms with Crippen LogP contribution in [0.3, 0.4) is 0 Å². The van der Waals surface area contributed by atoms with Gasteiger partial charge in [-0.15, -0.1) is 5.10 Å². The summed E-state index contributed by atoms with van der Waals surface area (Å²) in [7, 11) is -1.08. The predicted molar refractivity (Wildman–Crippen MR) is 244 cm³/mol. The zero-order valence-electron chi connectivity index (χ0n) is 38.1. The van der Waals surface area contributed by atoms with Gasteiger partial charge < -0.3 is 80.4 Å². The quantitative estimate of drug-likeness (QED) is 0.0618. The van der Waals surface area contributed by atoms with Crippen LogP contribution >= 0.6 is 0 Å². The van der Waals surface area contributed by atoms with Crippen LogP contribution in [0.1, 0.15) is 30.2 Å². The number of fused-ring (bicyclic) bond motifs is 2. The van der Waals surface area contributed by atoms with E-state index in [1.807, 2.05) is 31.2 Å². The average molecular weight is 979 g/mol. The molecule has 23 heteroatoms. The second-order valence-electron chi connectivity index (χ2n) is 18.5. The van der Waals surface area contributed by atoms with Gasteiger partial charge in [-0.2, -0.15) is 0 Å². The molecule has 3 aromatic carbocycles. The SMILES string of the molecule is COc1ccc([Si](C)(C)[C@@H]2[C@@H](CCn3cc(CCO)nn3)O[C@]3(C(=O)N(Cc4cccc(NC(=O)[C@H]5O[C@@H](O)[C@H](O)[C@@H](O)[C@@H]5O)c4)c4ccc(NC(=O)[C@H]5O[C@@H](O)[C@H](O)[C@@H](O)[C@@H]5O)cc43)[C@H]2C)cc1. The summed E-state index contributed by atoms with van der Waals surface area (Å²) < 4.78 is 24.7. The van der Waals surface area contributed by atoms with Crippen molar-refractivity contribution >= 4 is 48.0 Å². The van der Waals surface area contributed by atoms with Crippen LogP contribution in [-0.4, -0.2) is 168 Å². The van der Waals surface area contributed by atoms with Gasteiger partial charge in [-0.3, -0.25) is 19.1 Å². The smallest absolute Gasteiger partial charge is 0.264 e. The van der Waals surface area contributed by atoms with Crippen LogP contribution in [0.15, 0.2) is 72.9 Å². The fourth-order valence-corrected chi connectivity index (χ4v) is 14.3. The number of nitrogens with zero attached hydrogens (tertiary/aromatic N) is 4. The van der Waals surface area contributed by atoms with Gasteiger partial charge >= 0.3 is 0 Å². The Morgan fingerprint density at radius 1 is 0.812 bits per heavy atom. The lowest BCUT2D eigenvalue weighted by molar-refractivity contribution is -0.274. The molecule has 3 saturated heterocycles. The van der Waals surface area contributed by atoms with Crippen molar-refractivity contribution in [2.45, 2.75) is 125 Å². The van der Waals surface area contributed by atoms with E-state index in [0.717, 1.165) is 5.19 Å². The molecule has 3 amide bonds. The first-order valence-corrected chi connectivity index (χ1v) is 25.6. The predicted octanol–water partition coefficient (Wildman–Crippen LogP) is -1.85. The second kappa shape index (κ2) is 19.9. The Hall–Kier alpha value is -5.25. The number of amides is 3. The molecule has 0 saturated carbocycles. The molecule has 5 heterocycles. The highest BCUT2D eigenvalue weighted by Gasteiger charge is 2.66. The number of methoxy groups -OCH3 is 1. The molecule has 69 heavy (non-hydrogen) atoms. The van der Waals surface area contributed by atoms with E-state index in [9.17, 15) is 55.5 Å². The number of aliphatic hydroxyl groups is 9. The third-order valence-corrected chi connectivity index (χ3v) is 18.3.